The van der Waals surface area contributed by atoms with Crippen LogP contribution in [0.3, 0.4) is 0 Å². The summed E-state index contributed by atoms with van der Waals surface area (Å²) in [6.07, 6.45) is 2.05. The van der Waals surface area contributed by atoms with E-state index in [1.807, 2.05) is 24.3 Å². The fraction of sp³-hybridized carbons (Fsp3) is 0.263. The van der Waals surface area contributed by atoms with Crippen molar-refractivity contribution in [3.8, 4) is 0 Å². The lowest BCUT2D eigenvalue weighted by Gasteiger charge is -2.18. The van der Waals surface area contributed by atoms with E-state index in [0.29, 0.717) is 47.2 Å². The molecule has 130 valence electrons. The van der Waals surface area contributed by atoms with E-state index in [4.69, 9.17) is 23.2 Å². The molecule has 0 saturated carbocycles. The van der Waals surface area contributed by atoms with Crippen LogP contribution in [0.25, 0.3) is 0 Å². The van der Waals surface area contributed by atoms with Crippen LogP contribution in [0.5, 0.6) is 0 Å². The van der Waals surface area contributed by atoms with Crippen molar-refractivity contribution in [1.29, 1.82) is 0 Å². The number of nitrogens with zero attached hydrogens (tertiary/aromatic N) is 1. The van der Waals surface area contributed by atoms with E-state index < -0.39 is 0 Å². The van der Waals surface area contributed by atoms with Crippen molar-refractivity contribution in [2.24, 2.45) is 0 Å². The van der Waals surface area contributed by atoms with E-state index in [2.05, 4.69) is 5.32 Å². The van der Waals surface area contributed by atoms with Crippen molar-refractivity contribution < 1.29 is 9.59 Å². The lowest BCUT2D eigenvalue weighted by molar-refractivity contribution is -0.117. The predicted molar refractivity (Wildman–Crippen MR) is 101 cm³/mol. The Hall–Kier alpha value is -2.04. The molecule has 0 aliphatic carbocycles. The highest BCUT2D eigenvalue weighted by molar-refractivity contribution is 6.34. The first-order chi connectivity index (χ1) is 12.0. The molecule has 0 atom stereocenters. The lowest BCUT2D eigenvalue weighted by atomic mass is 10.1. The molecule has 1 saturated heterocycles. The molecule has 0 radical (unpaired) electrons. The number of anilines is 1. The van der Waals surface area contributed by atoms with Crippen LogP contribution in [0, 0.1) is 0 Å². The summed E-state index contributed by atoms with van der Waals surface area (Å²) < 4.78 is 0. The van der Waals surface area contributed by atoms with Crippen molar-refractivity contribution in [3.63, 3.8) is 0 Å². The highest BCUT2D eigenvalue weighted by atomic mass is 35.5. The van der Waals surface area contributed by atoms with Gasteiger partial charge in [-0.1, -0.05) is 35.3 Å². The summed E-state index contributed by atoms with van der Waals surface area (Å²) in [4.78, 5) is 25.9. The number of amides is 2. The molecule has 0 bridgehead atoms. The van der Waals surface area contributed by atoms with E-state index in [1.165, 1.54) is 0 Å². The standard InChI is InChI=1S/C19H18Cl2N2O2/c20-15-6-3-13(4-7-15)9-10-22-19(25)14-5-8-16(21)17(12-14)23-11-1-2-18(23)24/h3-8,12H,1-2,9-11H2,(H,22,25). The maximum absolute atomic E-state index is 12.4. The normalized spacial score (nSPS) is 14.0. The van der Waals surface area contributed by atoms with E-state index >= 15 is 0 Å². The third kappa shape index (κ3) is 4.33. The second-order valence-corrected chi connectivity index (χ2v) is 6.79. The highest BCUT2D eigenvalue weighted by Crippen LogP contribution is 2.30. The van der Waals surface area contributed by atoms with E-state index in [1.54, 1.807) is 23.1 Å². The van der Waals surface area contributed by atoms with Crippen LogP contribution in [0.2, 0.25) is 10.0 Å². The quantitative estimate of drug-likeness (QED) is 0.853. The molecule has 2 aromatic rings. The number of benzene rings is 2. The van der Waals surface area contributed by atoms with Gasteiger partial charge in [0.1, 0.15) is 0 Å². The van der Waals surface area contributed by atoms with Crippen LogP contribution in [0.4, 0.5) is 5.69 Å². The van der Waals surface area contributed by atoms with Gasteiger partial charge in [-0.15, -0.1) is 0 Å². The third-order valence-electron chi connectivity index (χ3n) is 4.19. The number of nitrogens with one attached hydrogen (secondary N) is 1. The third-order valence-corrected chi connectivity index (χ3v) is 4.76. The second-order valence-electron chi connectivity index (χ2n) is 5.95. The number of carbonyl (C=O) groups is 2. The molecule has 1 heterocycles. The molecular formula is C19H18Cl2N2O2. The molecule has 4 nitrogen and oxygen atoms in total. The Kier molecular flexibility index (Phi) is 5.61. The molecule has 2 aromatic carbocycles. The van der Waals surface area contributed by atoms with Gasteiger partial charge in [-0.2, -0.15) is 0 Å². The maximum atomic E-state index is 12.4. The smallest absolute Gasteiger partial charge is 0.251 e. The minimum Gasteiger partial charge on any atom is -0.352 e. The minimum absolute atomic E-state index is 0.0437. The summed E-state index contributed by atoms with van der Waals surface area (Å²) in [6, 6.07) is 12.6. The monoisotopic (exact) mass is 376 g/mol. The fourth-order valence-electron chi connectivity index (χ4n) is 2.84. The largest absolute Gasteiger partial charge is 0.352 e. The molecule has 6 heteroatoms. The van der Waals surface area contributed by atoms with Crippen LogP contribution in [0.1, 0.15) is 28.8 Å². The Labute approximate surface area is 156 Å². The van der Waals surface area contributed by atoms with Crippen LogP contribution < -0.4 is 10.2 Å². The first-order valence-corrected chi connectivity index (χ1v) is 8.93. The molecule has 1 aliphatic heterocycles. The molecule has 1 aliphatic rings. The highest BCUT2D eigenvalue weighted by Gasteiger charge is 2.24. The summed E-state index contributed by atoms with van der Waals surface area (Å²) in [5.74, 6) is -0.138. The summed E-state index contributed by atoms with van der Waals surface area (Å²) in [5, 5.41) is 4.06. The predicted octanol–water partition coefficient (Wildman–Crippen LogP) is 4.09. The van der Waals surface area contributed by atoms with Gasteiger partial charge in [0.2, 0.25) is 5.91 Å². The number of hydrogen-bond acceptors (Lipinski definition) is 2. The van der Waals surface area contributed by atoms with E-state index in [0.717, 1.165) is 12.0 Å². The second kappa shape index (κ2) is 7.89. The average molecular weight is 377 g/mol. The SMILES string of the molecule is O=C(NCCc1ccc(Cl)cc1)c1ccc(Cl)c(N2CCCC2=O)c1. The number of hydrogen-bond donors (Lipinski definition) is 1. The lowest BCUT2D eigenvalue weighted by Crippen LogP contribution is -2.27. The van der Waals surface area contributed by atoms with Gasteiger partial charge in [0.05, 0.1) is 10.7 Å². The fourth-order valence-corrected chi connectivity index (χ4v) is 3.18. The summed E-state index contributed by atoms with van der Waals surface area (Å²) in [5.41, 5.74) is 2.20. The van der Waals surface area contributed by atoms with Crippen LogP contribution >= 0.6 is 23.2 Å². The summed E-state index contributed by atoms with van der Waals surface area (Å²) in [7, 11) is 0. The van der Waals surface area contributed by atoms with E-state index in [9.17, 15) is 9.59 Å². The zero-order chi connectivity index (χ0) is 17.8. The van der Waals surface area contributed by atoms with Crippen molar-refractivity contribution in [1.82, 2.24) is 5.32 Å². The van der Waals surface area contributed by atoms with Gasteiger partial charge in [0.15, 0.2) is 0 Å². The van der Waals surface area contributed by atoms with Gasteiger partial charge in [-0.05, 0) is 48.7 Å². The first-order valence-electron chi connectivity index (χ1n) is 8.17. The zero-order valence-electron chi connectivity index (χ0n) is 13.6. The van der Waals surface area contributed by atoms with Gasteiger partial charge in [-0.25, -0.2) is 0 Å². The molecule has 2 amide bonds. The van der Waals surface area contributed by atoms with Gasteiger partial charge < -0.3 is 10.2 Å². The van der Waals surface area contributed by atoms with Gasteiger partial charge in [0, 0.05) is 30.1 Å². The summed E-state index contributed by atoms with van der Waals surface area (Å²) >= 11 is 12.1. The molecule has 1 fully saturated rings. The van der Waals surface area contributed by atoms with Crippen LogP contribution in [0.15, 0.2) is 42.5 Å². The number of halogens is 2. The summed E-state index contributed by atoms with van der Waals surface area (Å²) in [6.45, 7) is 1.15. The number of rotatable bonds is 5. The molecule has 25 heavy (non-hydrogen) atoms. The molecule has 0 spiro atoms. The van der Waals surface area contributed by atoms with E-state index in [-0.39, 0.29) is 11.8 Å². The van der Waals surface area contributed by atoms with Crippen LogP contribution in [-0.2, 0) is 11.2 Å². The Morgan fingerprint density at radius 2 is 1.88 bits per heavy atom. The molecule has 1 N–H and O–H groups in total. The number of carbonyl (C=O) groups excluding carboxylic acids is 2. The minimum atomic E-state index is -0.182. The average Bonchev–Trinajstić information content (AvgIpc) is 3.03. The van der Waals surface area contributed by atoms with Gasteiger partial charge in [0.25, 0.3) is 5.91 Å². The Balaban J connectivity index is 1.63. The van der Waals surface area contributed by atoms with Crippen molar-refractivity contribution in [3.05, 3.63) is 63.6 Å². The Bertz CT molecular complexity index is 791. The van der Waals surface area contributed by atoms with Crippen LogP contribution in [-0.4, -0.2) is 24.9 Å². The molecule has 3 rings (SSSR count). The molecule has 0 aromatic heterocycles. The first kappa shape index (κ1) is 17.8. The zero-order valence-corrected chi connectivity index (χ0v) is 15.1. The molecule has 0 unspecified atom stereocenters. The van der Waals surface area contributed by atoms with Crippen molar-refractivity contribution >= 4 is 40.7 Å². The Morgan fingerprint density at radius 3 is 2.56 bits per heavy atom. The van der Waals surface area contributed by atoms with Gasteiger partial charge >= 0.3 is 0 Å². The maximum Gasteiger partial charge on any atom is 0.251 e. The van der Waals surface area contributed by atoms with Crippen molar-refractivity contribution in [2.45, 2.75) is 19.3 Å². The van der Waals surface area contributed by atoms with Gasteiger partial charge in [-0.3, -0.25) is 9.59 Å². The van der Waals surface area contributed by atoms with Crippen molar-refractivity contribution in [2.75, 3.05) is 18.0 Å². The molecular weight excluding hydrogens is 359 g/mol. The Morgan fingerprint density at radius 1 is 1.12 bits per heavy atom. The topological polar surface area (TPSA) is 49.4 Å².